The first-order chi connectivity index (χ1) is 9.78. The Hall–Kier alpha value is -2.86. The predicted molar refractivity (Wildman–Crippen MR) is 78.3 cm³/mol. The molecule has 96 valence electrons. The number of fused-ring (bicyclic) bond motifs is 1. The number of anilines is 2. The molecule has 20 heavy (non-hydrogen) atoms. The van der Waals surface area contributed by atoms with E-state index < -0.39 is 5.82 Å². The molecule has 3 aromatic rings. The van der Waals surface area contributed by atoms with Crippen LogP contribution in [0.5, 0.6) is 0 Å². The Morgan fingerprint density at radius 1 is 0.900 bits per heavy atom. The summed E-state index contributed by atoms with van der Waals surface area (Å²) >= 11 is 0. The van der Waals surface area contributed by atoms with Crippen molar-refractivity contribution in [2.24, 2.45) is 0 Å². The summed E-state index contributed by atoms with van der Waals surface area (Å²) in [7, 11) is 0. The summed E-state index contributed by atoms with van der Waals surface area (Å²) in [5, 5.41) is 14.4. The molecule has 3 aromatic carbocycles. The Morgan fingerprint density at radius 3 is 2.55 bits per heavy atom. The van der Waals surface area contributed by atoms with Crippen molar-refractivity contribution >= 4 is 22.1 Å². The lowest BCUT2D eigenvalue weighted by molar-refractivity contribution is 0.627. The van der Waals surface area contributed by atoms with Crippen LogP contribution in [0.15, 0.2) is 60.7 Å². The van der Waals surface area contributed by atoms with Gasteiger partial charge >= 0.3 is 0 Å². The van der Waals surface area contributed by atoms with Crippen LogP contribution in [0.4, 0.5) is 15.8 Å². The van der Waals surface area contributed by atoms with Gasteiger partial charge in [0, 0.05) is 11.1 Å². The van der Waals surface area contributed by atoms with Gasteiger partial charge in [0.1, 0.15) is 11.9 Å². The fourth-order valence-corrected chi connectivity index (χ4v) is 2.20. The highest BCUT2D eigenvalue weighted by Crippen LogP contribution is 2.28. The molecule has 0 radical (unpaired) electrons. The minimum Gasteiger partial charge on any atom is -0.354 e. The normalized spacial score (nSPS) is 10.2. The maximum atomic E-state index is 13.1. The molecule has 3 rings (SSSR count). The number of hydrogen-bond acceptors (Lipinski definition) is 2. The summed E-state index contributed by atoms with van der Waals surface area (Å²) in [5.41, 5.74) is 1.79. The third kappa shape index (κ3) is 2.19. The lowest BCUT2D eigenvalue weighted by Crippen LogP contribution is -1.95. The van der Waals surface area contributed by atoms with E-state index in [0.29, 0.717) is 5.69 Å². The highest BCUT2D eigenvalue weighted by Gasteiger charge is 2.06. The Balaban J connectivity index is 2.08. The molecular weight excluding hydrogens is 251 g/mol. The molecule has 3 heteroatoms. The van der Waals surface area contributed by atoms with Gasteiger partial charge in [-0.1, -0.05) is 36.4 Å². The molecule has 0 aliphatic rings. The molecule has 0 amide bonds. The van der Waals surface area contributed by atoms with E-state index in [9.17, 15) is 4.39 Å². The Bertz CT molecular complexity index is 813. The largest absolute Gasteiger partial charge is 0.354 e. The molecule has 1 N–H and O–H groups in total. The lowest BCUT2D eigenvalue weighted by Gasteiger charge is -2.11. The van der Waals surface area contributed by atoms with Crippen LogP contribution >= 0.6 is 0 Å². The van der Waals surface area contributed by atoms with E-state index in [1.165, 1.54) is 12.1 Å². The van der Waals surface area contributed by atoms with Crippen molar-refractivity contribution in [3.05, 3.63) is 72.0 Å². The van der Waals surface area contributed by atoms with Crippen LogP contribution in [0.2, 0.25) is 0 Å². The first-order valence-corrected chi connectivity index (χ1v) is 6.22. The fourth-order valence-electron chi connectivity index (χ4n) is 2.20. The van der Waals surface area contributed by atoms with Crippen molar-refractivity contribution in [2.75, 3.05) is 5.32 Å². The molecule has 0 aliphatic carbocycles. The van der Waals surface area contributed by atoms with Gasteiger partial charge in [-0.2, -0.15) is 5.26 Å². The van der Waals surface area contributed by atoms with Crippen molar-refractivity contribution in [3.8, 4) is 6.07 Å². The number of nitrogens with zero attached hydrogens (tertiary/aromatic N) is 1. The van der Waals surface area contributed by atoms with E-state index in [4.69, 9.17) is 5.26 Å². The van der Waals surface area contributed by atoms with Crippen LogP contribution in [-0.2, 0) is 0 Å². The molecule has 2 nitrogen and oxygen atoms in total. The van der Waals surface area contributed by atoms with E-state index in [-0.39, 0.29) is 5.56 Å². The summed E-state index contributed by atoms with van der Waals surface area (Å²) in [4.78, 5) is 0. The number of rotatable bonds is 2. The van der Waals surface area contributed by atoms with Crippen molar-refractivity contribution in [3.63, 3.8) is 0 Å². The first-order valence-electron chi connectivity index (χ1n) is 6.22. The van der Waals surface area contributed by atoms with Gasteiger partial charge in [0.05, 0.1) is 11.3 Å². The average molecular weight is 262 g/mol. The zero-order valence-electron chi connectivity index (χ0n) is 10.6. The molecule has 0 heterocycles. The number of hydrogen-bond donors (Lipinski definition) is 1. The van der Waals surface area contributed by atoms with Gasteiger partial charge in [-0.3, -0.25) is 0 Å². The topological polar surface area (TPSA) is 35.8 Å². The zero-order valence-corrected chi connectivity index (χ0v) is 10.6. The molecule has 0 saturated heterocycles. The van der Waals surface area contributed by atoms with E-state index in [2.05, 4.69) is 5.32 Å². The van der Waals surface area contributed by atoms with Crippen LogP contribution in [0, 0.1) is 17.1 Å². The van der Waals surface area contributed by atoms with Crippen LogP contribution in [0.25, 0.3) is 10.8 Å². The molecular formula is C17H11FN2. The van der Waals surface area contributed by atoms with E-state index >= 15 is 0 Å². The monoisotopic (exact) mass is 262 g/mol. The minimum absolute atomic E-state index is 0.290. The number of benzene rings is 3. The Morgan fingerprint density at radius 2 is 1.70 bits per heavy atom. The predicted octanol–water partition coefficient (Wildman–Crippen LogP) is 4.59. The van der Waals surface area contributed by atoms with Crippen molar-refractivity contribution in [1.82, 2.24) is 0 Å². The number of halogens is 1. The summed E-state index contributed by atoms with van der Waals surface area (Å²) < 4.78 is 13.1. The van der Waals surface area contributed by atoms with Crippen LogP contribution in [-0.4, -0.2) is 0 Å². The minimum atomic E-state index is -0.412. The van der Waals surface area contributed by atoms with E-state index in [1.807, 2.05) is 48.5 Å². The number of nitriles is 1. The fraction of sp³-hybridized carbons (Fsp3) is 0. The second-order valence-corrected chi connectivity index (χ2v) is 4.45. The molecule has 0 aliphatic heterocycles. The average Bonchev–Trinajstić information content (AvgIpc) is 2.49. The highest BCUT2D eigenvalue weighted by molar-refractivity contribution is 5.95. The molecule has 0 spiro atoms. The summed E-state index contributed by atoms with van der Waals surface area (Å²) in [6.45, 7) is 0. The van der Waals surface area contributed by atoms with Gasteiger partial charge in [-0.05, 0) is 29.7 Å². The van der Waals surface area contributed by atoms with Crippen molar-refractivity contribution < 1.29 is 4.39 Å². The van der Waals surface area contributed by atoms with Gasteiger partial charge in [-0.15, -0.1) is 0 Å². The second-order valence-electron chi connectivity index (χ2n) is 4.45. The molecule has 0 unspecified atom stereocenters. The zero-order chi connectivity index (χ0) is 13.9. The summed E-state index contributed by atoms with van der Waals surface area (Å²) in [5.74, 6) is -0.412. The molecule has 0 saturated carbocycles. The van der Waals surface area contributed by atoms with Gasteiger partial charge in [-0.25, -0.2) is 4.39 Å². The second kappa shape index (κ2) is 5.02. The SMILES string of the molecule is N#Cc1cc(F)ccc1Nc1cccc2ccccc12. The van der Waals surface area contributed by atoms with Crippen molar-refractivity contribution in [2.45, 2.75) is 0 Å². The number of nitrogens with one attached hydrogen (secondary N) is 1. The van der Waals surface area contributed by atoms with Gasteiger partial charge in [0.15, 0.2) is 0 Å². The summed E-state index contributed by atoms with van der Waals surface area (Å²) in [6.07, 6.45) is 0. The van der Waals surface area contributed by atoms with Crippen LogP contribution in [0.3, 0.4) is 0 Å². The Labute approximate surface area is 116 Å². The molecule has 0 fully saturated rings. The first kappa shape index (κ1) is 12.2. The van der Waals surface area contributed by atoms with E-state index in [1.54, 1.807) is 6.07 Å². The lowest BCUT2D eigenvalue weighted by atomic mass is 10.1. The van der Waals surface area contributed by atoms with E-state index in [0.717, 1.165) is 16.5 Å². The quantitative estimate of drug-likeness (QED) is 0.733. The van der Waals surface area contributed by atoms with Gasteiger partial charge in [0.2, 0.25) is 0 Å². The van der Waals surface area contributed by atoms with Crippen molar-refractivity contribution in [1.29, 1.82) is 5.26 Å². The molecule has 0 bridgehead atoms. The standard InChI is InChI=1S/C17H11FN2/c18-14-8-9-16(13(10-14)11-19)20-17-7-3-5-12-4-1-2-6-15(12)17/h1-10,20H. The third-order valence-electron chi connectivity index (χ3n) is 3.16. The van der Waals surface area contributed by atoms with Crippen LogP contribution in [0.1, 0.15) is 5.56 Å². The molecule has 0 aromatic heterocycles. The third-order valence-corrected chi connectivity index (χ3v) is 3.16. The van der Waals surface area contributed by atoms with Crippen LogP contribution < -0.4 is 5.32 Å². The van der Waals surface area contributed by atoms with Gasteiger partial charge < -0.3 is 5.32 Å². The Kier molecular flexibility index (Phi) is 3.06. The summed E-state index contributed by atoms with van der Waals surface area (Å²) in [6, 6.07) is 20.0. The smallest absolute Gasteiger partial charge is 0.124 e. The maximum Gasteiger partial charge on any atom is 0.124 e. The highest BCUT2D eigenvalue weighted by atomic mass is 19.1. The van der Waals surface area contributed by atoms with Gasteiger partial charge in [0.25, 0.3) is 0 Å². The molecule has 0 atom stereocenters. The maximum absolute atomic E-state index is 13.1.